The molecule has 0 unspecified atom stereocenters. The van der Waals surface area contributed by atoms with Gasteiger partial charge in [-0.1, -0.05) is 107 Å². The van der Waals surface area contributed by atoms with E-state index in [0.717, 1.165) is 16.7 Å². The zero-order valence-electron chi connectivity index (χ0n) is 21.0. The molecule has 204 valence electrons. The molecule has 3 aromatic carbocycles. The van der Waals surface area contributed by atoms with E-state index in [1.54, 1.807) is 4.68 Å². The lowest BCUT2D eigenvalue weighted by atomic mass is 9.99. The van der Waals surface area contributed by atoms with Crippen LogP contribution in [0.4, 0.5) is 0 Å². The van der Waals surface area contributed by atoms with Gasteiger partial charge in [-0.05, 0) is 48.6 Å². The third-order valence-corrected chi connectivity index (χ3v) is 8.21. The van der Waals surface area contributed by atoms with Crippen molar-refractivity contribution in [2.45, 2.75) is 49.2 Å². The molecule has 39 heavy (non-hydrogen) atoms. The molecule has 1 aliphatic rings. The fourth-order valence-electron chi connectivity index (χ4n) is 4.44. The highest BCUT2D eigenvalue weighted by atomic mass is 79.9. The molecule has 0 N–H and O–H groups in total. The summed E-state index contributed by atoms with van der Waals surface area (Å²) in [4.78, 5) is 4.05. The summed E-state index contributed by atoms with van der Waals surface area (Å²) in [7, 11) is 0. The van der Waals surface area contributed by atoms with Gasteiger partial charge in [0.1, 0.15) is 18.3 Å². The number of hydrogen-bond donors (Lipinski definition) is 0. The van der Waals surface area contributed by atoms with Crippen LogP contribution in [0.3, 0.4) is 0 Å². The molecular formula is C29H28Br3N3O4. The van der Waals surface area contributed by atoms with Crippen LogP contribution in [0, 0.1) is 0 Å². The molecule has 0 saturated carbocycles. The van der Waals surface area contributed by atoms with Crippen molar-refractivity contribution in [3.05, 3.63) is 117 Å². The summed E-state index contributed by atoms with van der Waals surface area (Å²) >= 11 is 10.8. The molecule has 0 radical (unpaired) electrons. The second-order valence-electron chi connectivity index (χ2n) is 9.13. The molecule has 7 nitrogen and oxygen atoms in total. The van der Waals surface area contributed by atoms with Crippen LogP contribution in [0.5, 0.6) is 0 Å². The van der Waals surface area contributed by atoms with Crippen LogP contribution in [0.15, 0.2) is 100 Å². The first-order valence-electron chi connectivity index (χ1n) is 12.6. The Morgan fingerprint density at radius 1 is 0.718 bits per heavy atom. The molecule has 1 saturated heterocycles. The van der Waals surface area contributed by atoms with Gasteiger partial charge in [-0.3, -0.25) is 0 Å². The Morgan fingerprint density at radius 2 is 1.23 bits per heavy atom. The van der Waals surface area contributed by atoms with E-state index in [-0.39, 0.29) is 10.9 Å². The van der Waals surface area contributed by atoms with Crippen molar-refractivity contribution >= 4 is 47.8 Å². The molecule has 4 aromatic rings. The van der Waals surface area contributed by atoms with Crippen LogP contribution in [-0.4, -0.2) is 44.5 Å². The van der Waals surface area contributed by atoms with E-state index in [1.165, 1.54) is 0 Å². The predicted octanol–water partition coefficient (Wildman–Crippen LogP) is 6.85. The summed E-state index contributed by atoms with van der Waals surface area (Å²) in [6.45, 7) is 1.61. The Hall–Kier alpha value is -1.92. The average molecular weight is 722 g/mol. The van der Waals surface area contributed by atoms with E-state index in [1.807, 2.05) is 91.0 Å². The van der Waals surface area contributed by atoms with Gasteiger partial charge in [-0.15, -0.1) is 5.10 Å². The van der Waals surface area contributed by atoms with E-state index in [4.69, 9.17) is 18.9 Å². The first-order valence-corrected chi connectivity index (χ1v) is 15.1. The smallest absolute Gasteiger partial charge is 0.218 e. The standard InChI is InChI=1S/C29H28Br3N3O4/c30-24-26(38-18-22-14-8-3-9-15-22)25(37-17-21-12-6-2-7-13-21)23(19-36-16-20-10-4-1-5-11-20)39-27(24)35-29(32)33-28(31)34-35/h1-15,23-27H,16-19H2/t23-,24-,25-,26-,27+/m1/s1. The minimum absolute atomic E-state index is 0.294. The van der Waals surface area contributed by atoms with Gasteiger partial charge >= 0.3 is 0 Å². The van der Waals surface area contributed by atoms with Gasteiger partial charge in [0.2, 0.25) is 4.73 Å². The van der Waals surface area contributed by atoms with E-state index < -0.39 is 18.4 Å². The summed E-state index contributed by atoms with van der Waals surface area (Å²) in [5, 5.41) is 4.50. The van der Waals surface area contributed by atoms with Gasteiger partial charge in [0.05, 0.1) is 31.3 Å². The number of aromatic nitrogens is 3. The highest BCUT2D eigenvalue weighted by molar-refractivity contribution is 9.11. The number of hydrogen-bond acceptors (Lipinski definition) is 6. The third-order valence-electron chi connectivity index (χ3n) is 6.36. The molecule has 10 heteroatoms. The highest BCUT2D eigenvalue weighted by Crippen LogP contribution is 2.38. The maximum atomic E-state index is 6.63. The Morgan fingerprint density at radius 3 is 1.74 bits per heavy atom. The van der Waals surface area contributed by atoms with Crippen molar-refractivity contribution in [1.29, 1.82) is 0 Å². The lowest BCUT2D eigenvalue weighted by Gasteiger charge is -2.44. The monoisotopic (exact) mass is 719 g/mol. The summed E-state index contributed by atoms with van der Waals surface area (Å²) in [5.41, 5.74) is 3.23. The number of alkyl halides is 1. The maximum absolute atomic E-state index is 6.63. The predicted molar refractivity (Wildman–Crippen MR) is 158 cm³/mol. The van der Waals surface area contributed by atoms with Crippen molar-refractivity contribution in [3.8, 4) is 0 Å². The molecule has 1 aromatic heterocycles. The minimum atomic E-state index is -0.527. The summed E-state index contributed by atoms with van der Waals surface area (Å²) in [6.07, 6.45) is -1.77. The van der Waals surface area contributed by atoms with Crippen molar-refractivity contribution in [2.75, 3.05) is 6.61 Å². The summed E-state index contributed by atoms with van der Waals surface area (Å²) in [6, 6.07) is 30.3. The number of benzene rings is 3. The van der Waals surface area contributed by atoms with Gasteiger partial charge in [-0.25, -0.2) is 4.68 Å². The van der Waals surface area contributed by atoms with Gasteiger partial charge in [0, 0.05) is 0 Å². The number of rotatable bonds is 11. The lowest BCUT2D eigenvalue weighted by molar-refractivity contribution is -0.234. The number of halogens is 3. The molecule has 5 atom stereocenters. The molecule has 2 heterocycles. The molecule has 0 spiro atoms. The molecule has 5 rings (SSSR count). The SMILES string of the molecule is Brc1nc(Br)n([C@H]2O[C@H](COCc3ccccc3)[C@@H](OCc3ccccc3)[C@H](OCc3ccccc3)[C@H]2Br)n1. The van der Waals surface area contributed by atoms with Gasteiger partial charge in [0.15, 0.2) is 11.0 Å². The largest absolute Gasteiger partial charge is 0.374 e. The normalized spacial score (nSPS) is 23.1. The fraction of sp³-hybridized carbons (Fsp3) is 0.310. The second kappa shape index (κ2) is 14.1. The van der Waals surface area contributed by atoms with Gasteiger partial charge in [0.25, 0.3) is 0 Å². The van der Waals surface area contributed by atoms with Crippen molar-refractivity contribution in [3.63, 3.8) is 0 Å². The van der Waals surface area contributed by atoms with Crippen LogP contribution in [0.2, 0.25) is 0 Å². The van der Waals surface area contributed by atoms with E-state index >= 15 is 0 Å². The van der Waals surface area contributed by atoms with Crippen molar-refractivity contribution < 1.29 is 18.9 Å². The molecular weight excluding hydrogens is 694 g/mol. The zero-order valence-corrected chi connectivity index (χ0v) is 25.7. The molecule has 0 amide bonds. The Labute approximate surface area is 253 Å². The van der Waals surface area contributed by atoms with E-state index in [0.29, 0.717) is 35.9 Å². The molecule has 1 fully saturated rings. The first-order chi connectivity index (χ1) is 19.1. The van der Waals surface area contributed by atoms with Crippen LogP contribution in [0.25, 0.3) is 0 Å². The number of nitrogens with zero attached hydrogens (tertiary/aromatic N) is 3. The van der Waals surface area contributed by atoms with E-state index in [9.17, 15) is 0 Å². The van der Waals surface area contributed by atoms with Crippen LogP contribution in [-0.2, 0) is 38.8 Å². The molecule has 0 aliphatic carbocycles. The third kappa shape index (κ3) is 7.64. The van der Waals surface area contributed by atoms with Gasteiger partial charge in [-0.2, -0.15) is 4.98 Å². The summed E-state index contributed by atoms with van der Waals surface area (Å²) < 4.78 is 28.6. The quantitative estimate of drug-likeness (QED) is 0.158. The maximum Gasteiger partial charge on any atom is 0.218 e. The highest BCUT2D eigenvalue weighted by Gasteiger charge is 2.48. The first kappa shape index (κ1) is 28.6. The zero-order chi connectivity index (χ0) is 27.0. The molecule has 0 bridgehead atoms. The molecule has 1 aliphatic heterocycles. The van der Waals surface area contributed by atoms with Crippen LogP contribution < -0.4 is 0 Å². The van der Waals surface area contributed by atoms with Crippen molar-refractivity contribution in [2.24, 2.45) is 0 Å². The van der Waals surface area contributed by atoms with Crippen LogP contribution in [0.1, 0.15) is 22.9 Å². The summed E-state index contributed by atoms with van der Waals surface area (Å²) in [5.74, 6) is 0. The number of ether oxygens (including phenoxy) is 4. The Balaban J connectivity index is 1.41. The van der Waals surface area contributed by atoms with Crippen molar-refractivity contribution in [1.82, 2.24) is 14.8 Å². The lowest BCUT2D eigenvalue weighted by Crippen LogP contribution is -2.57. The topological polar surface area (TPSA) is 67.6 Å². The minimum Gasteiger partial charge on any atom is -0.374 e. The fourth-order valence-corrected chi connectivity index (χ4v) is 6.27. The average Bonchev–Trinajstić information content (AvgIpc) is 3.31. The Kier molecular flexibility index (Phi) is 10.4. The van der Waals surface area contributed by atoms with E-state index in [2.05, 4.69) is 57.9 Å². The second-order valence-corrected chi connectivity index (χ2v) is 11.6. The Bertz CT molecular complexity index is 1300. The van der Waals surface area contributed by atoms with Crippen LogP contribution >= 0.6 is 47.8 Å². The van der Waals surface area contributed by atoms with Gasteiger partial charge < -0.3 is 18.9 Å².